The first kappa shape index (κ1) is 12.5. The first-order chi connectivity index (χ1) is 7.00. The molecule has 88 valence electrons. The molecule has 1 saturated carbocycles. The molecule has 3 heteroatoms. The lowest BCUT2D eigenvalue weighted by molar-refractivity contribution is -0.128. The van der Waals surface area contributed by atoms with E-state index in [0.717, 1.165) is 32.1 Å². The van der Waals surface area contributed by atoms with Crippen LogP contribution in [-0.4, -0.2) is 25.7 Å². The summed E-state index contributed by atoms with van der Waals surface area (Å²) in [5.74, 6) is 0.943. The van der Waals surface area contributed by atoms with Crippen molar-refractivity contribution in [1.29, 1.82) is 0 Å². The molecule has 0 aromatic carbocycles. The molecule has 1 fully saturated rings. The SMILES string of the molecule is CC(C)(C)C(=O)NCCCOCC1CC1. The molecule has 1 N–H and O–H groups in total. The maximum Gasteiger partial charge on any atom is 0.225 e. The molecule has 0 atom stereocenters. The van der Waals surface area contributed by atoms with Crippen molar-refractivity contribution in [2.45, 2.75) is 40.0 Å². The van der Waals surface area contributed by atoms with Gasteiger partial charge in [-0.25, -0.2) is 0 Å². The van der Waals surface area contributed by atoms with Gasteiger partial charge in [-0.15, -0.1) is 0 Å². The number of rotatable bonds is 6. The fourth-order valence-corrected chi connectivity index (χ4v) is 1.18. The van der Waals surface area contributed by atoms with Crippen molar-refractivity contribution >= 4 is 5.91 Å². The Morgan fingerprint density at radius 1 is 1.40 bits per heavy atom. The molecule has 0 aromatic heterocycles. The summed E-state index contributed by atoms with van der Waals surface area (Å²) in [5.41, 5.74) is -0.283. The summed E-state index contributed by atoms with van der Waals surface area (Å²) in [6, 6.07) is 0. The summed E-state index contributed by atoms with van der Waals surface area (Å²) in [5, 5.41) is 2.91. The zero-order valence-electron chi connectivity index (χ0n) is 10.1. The van der Waals surface area contributed by atoms with Gasteiger partial charge < -0.3 is 10.1 Å². The summed E-state index contributed by atoms with van der Waals surface area (Å²) >= 11 is 0. The lowest BCUT2D eigenvalue weighted by Crippen LogP contribution is -2.35. The molecule has 0 saturated heterocycles. The minimum Gasteiger partial charge on any atom is -0.381 e. The van der Waals surface area contributed by atoms with Crippen LogP contribution >= 0.6 is 0 Å². The molecule has 0 bridgehead atoms. The highest BCUT2D eigenvalue weighted by Gasteiger charge is 2.21. The van der Waals surface area contributed by atoms with Gasteiger partial charge in [0.1, 0.15) is 0 Å². The molecular formula is C12H23NO2. The molecule has 0 heterocycles. The zero-order valence-corrected chi connectivity index (χ0v) is 10.1. The molecule has 0 aliphatic heterocycles. The van der Waals surface area contributed by atoms with Crippen molar-refractivity contribution in [3.05, 3.63) is 0 Å². The van der Waals surface area contributed by atoms with E-state index in [1.807, 2.05) is 20.8 Å². The number of carbonyl (C=O) groups is 1. The van der Waals surface area contributed by atoms with Gasteiger partial charge in [-0.05, 0) is 25.2 Å². The summed E-state index contributed by atoms with van der Waals surface area (Å²) in [7, 11) is 0. The van der Waals surface area contributed by atoms with Crippen LogP contribution in [0.2, 0.25) is 0 Å². The van der Waals surface area contributed by atoms with Gasteiger partial charge >= 0.3 is 0 Å². The minimum absolute atomic E-state index is 0.115. The molecular weight excluding hydrogens is 190 g/mol. The van der Waals surface area contributed by atoms with Crippen LogP contribution in [0.25, 0.3) is 0 Å². The van der Waals surface area contributed by atoms with Gasteiger partial charge in [0.15, 0.2) is 0 Å². The maximum absolute atomic E-state index is 11.5. The normalized spacial score (nSPS) is 16.5. The summed E-state index contributed by atoms with van der Waals surface area (Å²) in [6.07, 6.45) is 3.58. The molecule has 0 spiro atoms. The van der Waals surface area contributed by atoms with Crippen LogP contribution in [0, 0.1) is 11.3 Å². The highest BCUT2D eigenvalue weighted by atomic mass is 16.5. The standard InChI is InChI=1S/C12H23NO2/c1-12(2,3)11(14)13-7-4-8-15-9-10-5-6-10/h10H,4-9H2,1-3H3,(H,13,14). The highest BCUT2D eigenvalue weighted by Crippen LogP contribution is 2.28. The molecule has 0 aromatic rings. The number of ether oxygens (including phenoxy) is 1. The highest BCUT2D eigenvalue weighted by molar-refractivity contribution is 5.81. The third-order valence-electron chi connectivity index (χ3n) is 2.48. The van der Waals surface area contributed by atoms with E-state index in [0.29, 0.717) is 0 Å². The minimum atomic E-state index is -0.283. The smallest absolute Gasteiger partial charge is 0.225 e. The van der Waals surface area contributed by atoms with Gasteiger partial charge in [-0.1, -0.05) is 20.8 Å². The Morgan fingerprint density at radius 2 is 2.07 bits per heavy atom. The number of hydrogen-bond donors (Lipinski definition) is 1. The fraction of sp³-hybridized carbons (Fsp3) is 0.917. The van der Waals surface area contributed by atoms with Gasteiger partial charge in [0.25, 0.3) is 0 Å². The monoisotopic (exact) mass is 213 g/mol. The molecule has 0 radical (unpaired) electrons. The van der Waals surface area contributed by atoms with Gasteiger partial charge in [0.05, 0.1) is 0 Å². The topological polar surface area (TPSA) is 38.3 Å². The second-order valence-electron chi connectivity index (χ2n) is 5.38. The van der Waals surface area contributed by atoms with Crippen LogP contribution in [-0.2, 0) is 9.53 Å². The van der Waals surface area contributed by atoms with Gasteiger partial charge in [0, 0.05) is 25.2 Å². The predicted octanol–water partition coefficient (Wildman–Crippen LogP) is 1.97. The van der Waals surface area contributed by atoms with Crippen molar-refractivity contribution in [2.75, 3.05) is 19.8 Å². The largest absolute Gasteiger partial charge is 0.381 e. The summed E-state index contributed by atoms with van der Waals surface area (Å²) < 4.78 is 5.47. The lowest BCUT2D eigenvalue weighted by Gasteiger charge is -2.17. The quantitative estimate of drug-likeness (QED) is 0.685. The molecule has 15 heavy (non-hydrogen) atoms. The van der Waals surface area contributed by atoms with Crippen LogP contribution < -0.4 is 5.32 Å². The van der Waals surface area contributed by atoms with Gasteiger partial charge in [-0.3, -0.25) is 4.79 Å². The Labute approximate surface area is 92.6 Å². The van der Waals surface area contributed by atoms with E-state index in [4.69, 9.17) is 4.74 Å². The Bertz CT molecular complexity index is 204. The molecule has 1 amide bonds. The zero-order chi connectivity index (χ0) is 11.3. The van der Waals surface area contributed by atoms with Gasteiger partial charge in [-0.2, -0.15) is 0 Å². The molecule has 0 unspecified atom stereocenters. The average molecular weight is 213 g/mol. The third-order valence-corrected chi connectivity index (χ3v) is 2.48. The van der Waals surface area contributed by atoms with Crippen LogP contribution in [0.15, 0.2) is 0 Å². The number of carbonyl (C=O) groups excluding carboxylic acids is 1. The van der Waals surface area contributed by atoms with E-state index in [-0.39, 0.29) is 11.3 Å². The molecule has 1 rings (SSSR count). The Hall–Kier alpha value is -0.570. The number of amides is 1. The van der Waals surface area contributed by atoms with E-state index in [9.17, 15) is 4.79 Å². The second-order valence-corrected chi connectivity index (χ2v) is 5.38. The Balaban J connectivity index is 1.89. The van der Waals surface area contributed by atoms with E-state index in [1.54, 1.807) is 0 Å². The first-order valence-corrected chi connectivity index (χ1v) is 5.86. The van der Waals surface area contributed by atoms with Crippen molar-refractivity contribution < 1.29 is 9.53 Å². The summed E-state index contributed by atoms with van der Waals surface area (Å²) in [4.78, 5) is 11.5. The molecule has 1 aliphatic rings. The van der Waals surface area contributed by atoms with E-state index in [2.05, 4.69) is 5.32 Å². The Morgan fingerprint density at radius 3 is 2.60 bits per heavy atom. The fourth-order valence-electron chi connectivity index (χ4n) is 1.18. The van der Waals surface area contributed by atoms with E-state index in [1.165, 1.54) is 12.8 Å². The number of nitrogens with one attached hydrogen (secondary N) is 1. The lowest BCUT2D eigenvalue weighted by atomic mass is 9.96. The van der Waals surface area contributed by atoms with Crippen molar-refractivity contribution in [1.82, 2.24) is 5.32 Å². The predicted molar refractivity (Wildman–Crippen MR) is 60.6 cm³/mol. The van der Waals surface area contributed by atoms with Crippen LogP contribution in [0.3, 0.4) is 0 Å². The van der Waals surface area contributed by atoms with E-state index < -0.39 is 0 Å². The van der Waals surface area contributed by atoms with Gasteiger partial charge in [0.2, 0.25) is 5.91 Å². The Kier molecular flexibility index (Phi) is 4.58. The summed E-state index contributed by atoms with van der Waals surface area (Å²) in [6.45, 7) is 8.17. The molecule has 1 aliphatic carbocycles. The third kappa shape index (κ3) is 5.78. The van der Waals surface area contributed by atoms with Crippen molar-refractivity contribution in [2.24, 2.45) is 11.3 Å². The average Bonchev–Trinajstić information content (AvgIpc) is 2.92. The van der Waals surface area contributed by atoms with Crippen LogP contribution in [0.5, 0.6) is 0 Å². The molecule has 3 nitrogen and oxygen atoms in total. The van der Waals surface area contributed by atoms with E-state index >= 15 is 0 Å². The number of hydrogen-bond acceptors (Lipinski definition) is 2. The first-order valence-electron chi connectivity index (χ1n) is 5.86. The van der Waals surface area contributed by atoms with Crippen LogP contribution in [0.4, 0.5) is 0 Å². The second kappa shape index (κ2) is 5.50. The van der Waals surface area contributed by atoms with Crippen LogP contribution in [0.1, 0.15) is 40.0 Å². The van der Waals surface area contributed by atoms with Crippen molar-refractivity contribution in [3.63, 3.8) is 0 Å². The maximum atomic E-state index is 11.5. The van der Waals surface area contributed by atoms with Crippen molar-refractivity contribution in [3.8, 4) is 0 Å².